The van der Waals surface area contributed by atoms with Gasteiger partial charge in [-0.15, -0.1) is 0 Å². The van der Waals surface area contributed by atoms with Crippen LogP contribution < -0.4 is 0 Å². The number of methoxy groups -OCH3 is 1. The molecule has 0 bridgehead atoms. The van der Waals surface area contributed by atoms with Gasteiger partial charge in [-0.05, 0) is 37.5 Å². The van der Waals surface area contributed by atoms with E-state index in [0.717, 1.165) is 25.7 Å². The Labute approximate surface area is 190 Å². The molecule has 0 radical (unpaired) electrons. The van der Waals surface area contributed by atoms with E-state index in [1.807, 2.05) is 12.2 Å². The van der Waals surface area contributed by atoms with Crippen molar-refractivity contribution in [1.29, 1.82) is 0 Å². The lowest BCUT2D eigenvalue weighted by molar-refractivity contribution is -0.149. The van der Waals surface area contributed by atoms with Crippen LogP contribution in [0, 0.1) is 0 Å². The molecule has 0 saturated heterocycles. The highest BCUT2D eigenvalue weighted by molar-refractivity contribution is 6.09. The van der Waals surface area contributed by atoms with Gasteiger partial charge in [0.2, 0.25) is 0 Å². The van der Waals surface area contributed by atoms with Gasteiger partial charge in [0, 0.05) is 32.3 Å². The van der Waals surface area contributed by atoms with E-state index >= 15 is 0 Å². The van der Waals surface area contributed by atoms with Crippen LogP contribution in [0.5, 0.6) is 0 Å². The maximum absolute atomic E-state index is 12.5. The highest BCUT2D eigenvalue weighted by atomic mass is 16.6. The molecular weight excluding hydrogens is 412 g/mol. The van der Waals surface area contributed by atoms with Crippen LogP contribution in [0.25, 0.3) is 0 Å². The molecule has 1 aliphatic carbocycles. The number of rotatable bonds is 13. The van der Waals surface area contributed by atoms with Crippen molar-refractivity contribution in [3.63, 3.8) is 0 Å². The molecule has 0 aliphatic heterocycles. The Hall–Kier alpha value is -2.96. The van der Waals surface area contributed by atoms with Gasteiger partial charge in [0.1, 0.15) is 6.10 Å². The Bertz CT molecular complexity index is 788. The van der Waals surface area contributed by atoms with Crippen molar-refractivity contribution in [2.45, 2.75) is 77.4 Å². The third kappa shape index (κ3) is 9.45. The number of hydrogen-bond donors (Lipinski definition) is 0. The zero-order valence-electron chi connectivity index (χ0n) is 19.4. The van der Waals surface area contributed by atoms with Gasteiger partial charge >= 0.3 is 17.9 Å². The number of allylic oxidation sites excluding steroid dienone is 4. The Balaban J connectivity index is 3.02. The average molecular weight is 447 g/mol. The molecule has 32 heavy (non-hydrogen) atoms. The molecule has 0 aromatic heterocycles. The Morgan fingerprint density at radius 1 is 1.12 bits per heavy atom. The van der Waals surface area contributed by atoms with Crippen LogP contribution in [0.4, 0.5) is 0 Å². The molecule has 1 rings (SSSR count). The lowest BCUT2D eigenvalue weighted by Crippen LogP contribution is -2.33. The molecule has 0 aromatic rings. The molecule has 0 saturated carbocycles. The van der Waals surface area contributed by atoms with Crippen molar-refractivity contribution in [2.24, 2.45) is 0 Å². The lowest BCUT2D eigenvalue weighted by Gasteiger charge is -2.27. The third-order valence-corrected chi connectivity index (χ3v) is 4.88. The van der Waals surface area contributed by atoms with Crippen LogP contribution in [-0.4, -0.2) is 42.5 Å². The quantitative estimate of drug-likeness (QED) is 0.137. The molecule has 0 N–H and O–H groups in total. The van der Waals surface area contributed by atoms with E-state index in [-0.39, 0.29) is 18.6 Å². The second-order valence-electron chi connectivity index (χ2n) is 7.58. The lowest BCUT2D eigenvalue weighted by atomic mass is 9.91. The standard InChI is InChI=1S/C25H34O7/c1-5-6-7-8-9-10-17-25(32-20(3)27)18-16-23(28)22(25)13-11-12-21(31-19(2)26)14-15-24(29)30-4/h9-13,16,18,21H,5-8,14-15,17H2,1-4H3/b10-9-,12-11+,22-13-/t21-,25+/m0/s1. The number of ether oxygens (including phenoxy) is 3. The predicted molar refractivity (Wildman–Crippen MR) is 121 cm³/mol. The fourth-order valence-electron chi connectivity index (χ4n) is 3.32. The van der Waals surface area contributed by atoms with Crippen molar-refractivity contribution >= 4 is 23.7 Å². The summed E-state index contributed by atoms with van der Waals surface area (Å²) in [6, 6.07) is 0. The van der Waals surface area contributed by atoms with Crippen molar-refractivity contribution < 1.29 is 33.4 Å². The summed E-state index contributed by atoms with van der Waals surface area (Å²) in [5.41, 5.74) is -0.853. The summed E-state index contributed by atoms with van der Waals surface area (Å²) in [6.07, 6.45) is 16.0. The summed E-state index contributed by atoms with van der Waals surface area (Å²) in [6.45, 7) is 4.72. The van der Waals surface area contributed by atoms with Crippen LogP contribution in [0.3, 0.4) is 0 Å². The summed E-state index contributed by atoms with van der Waals surface area (Å²) < 4.78 is 15.4. The van der Waals surface area contributed by atoms with E-state index in [4.69, 9.17) is 9.47 Å². The van der Waals surface area contributed by atoms with Gasteiger partial charge in [0.05, 0.1) is 7.11 Å². The fraction of sp³-hybridized carbons (Fsp3) is 0.520. The van der Waals surface area contributed by atoms with Crippen LogP contribution in [0.15, 0.2) is 48.1 Å². The molecule has 0 unspecified atom stereocenters. The molecule has 7 nitrogen and oxygen atoms in total. The van der Waals surface area contributed by atoms with Crippen LogP contribution >= 0.6 is 0 Å². The molecular formula is C25H34O7. The number of unbranched alkanes of at least 4 members (excludes halogenated alkanes) is 3. The summed E-state index contributed by atoms with van der Waals surface area (Å²) in [5.74, 6) is -1.65. The number of ketones is 1. The zero-order valence-corrected chi connectivity index (χ0v) is 19.4. The molecule has 1 aliphatic rings. The van der Waals surface area contributed by atoms with E-state index in [2.05, 4.69) is 11.7 Å². The minimum atomic E-state index is -1.17. The topological polar surface area (TPSA) is 96.0 Å². The Kier molecular flexibility index (Phi) is 12.0. The smallest absolute Gasteiger partial charge is 0.305 e. The first-order chi connectivity index (χ1) is 15.2. The van der Waals surface area contributed by atoms with Crippen molar-refractivity contribution in [1.82, 2.24) is 0 Å². The monoisotopic (exact) mass is 446 g/mol. The molecule has 176 valence electrons. The van der Waals surface area contributed by atoms with E-state index in [0.29, 0.717) is 12.0 Å². The SMILES string of the molecule is CCCCC/C=C\C[C@@]1(OC(C)=O)C=CC(=O)/C1=C/C=C/[C@@H](CCC(=O)OC)OC(C)=O. The minimum Gasteiger partial charge on any atom is -0.469 e. The van der Waals surface area contributed by atoms with Crippen molar-refractivity contribution in [2.75, 3.05) is 7.11 Å². The van der Waals surface area contributed by atoms with Gasteiger partial charge in [-0.25, -0.2) is 0 Å². The van der Waals surface area contributed by atoms with E-state index in [1.165, 1.54) is 27.0 Å². The molecule has 0 aromatic carbocycles. The third-order valence-electron chi connectivity index (χ3n) is 4.88. The molecule has 0 amide bonds. The first kappa shape index (κ1) is 27.1. The van der Waals surface area contributed by atoms with Crippen LogP contribution in [0.1, 0.15) is 65.7 Å². The molecule has 2 atom stereocenters. The maximum Gasteiger partial charge on any atom is 0.305 e. The number of esters is 3. The normalized spacial score (nSPS) is 20.2. The second-order valence-corrected chi connectivity index (χ2v) is 7.58. The van der Waals surface area contributed by atoms with Crippen molar-refractivity contribution in [3.05, 3.63) is 48.1 Å². The fourth-order valence-corrected chi connectivity index (χ4v) is 3.32. The van der Waals surface area contributed by atoms with E-state index in [1.54, 1.807) is 24.3 Å². The highest BCUT2D eigenvalue weighted by Gasteiger charge is 2.41. The first-order valence-corrected chi connectivity index (χ1v) is 10.9. The van der Waals surface area contributed by atoms with Gasteiger partial charge in [-0.2, -0.15) is 0 Å². The maximum atomic E-state index is 12.5. The van der Waals surface area contributed by atoms with E-state index in [9.17, 15) is 19.2 Å². The number of hydrogen-bond acceptors (Lipinski definition) is 7. The van der Waals surface area contributed by atoms with Crippen LogP contribution in [-0.2, 0) is 33.4 Å². The minimum absolute atomic E-state index is 0.0794. The summed E-state index contributed by atoms with van der Waals surface area (Å²) >= 11 is 0. The van der Waals surface area contributed by atoms with Crippen LogP contribution in [0.2, 0.25) is 0 Å². The van der Waals surface area contributed by atoms with Crippen molar-refractivity contribution in [3.8, 4) is 0 Å². The predicted octanol–water partition coefficient (Wildman–Crippen LogP) is 4.32. The highest BCUT2D eigenvalue weighted by Crippen LogP contribution is 2.34. The summed E-state index contributed by atoms with van der Waals surface area (Å²) in [4.78, 5) is 47.0. The number of carbonyl (C=O) groups excluding carboxylic acids is 4. The molecule has 7 heteroatoms. The number of carbonyl (C=O) groups is 4. The summed E-state index contributed by atoms with van der Waals surface area (Å²) in [7, 11) is 1.29. The Morgan fingerprint density at radius 2 is 1.88 bits per heavy atom. The first-order valence-electron chi connectivity index (χ1n) is 10.9. The molecule has 0 fully saturated rings. The van der Waals surface area contributed by atoms with E-state index < -0.39 is 29.6 Å². The zero-order chi connectivity index (χ0) is 24.0. The van der Waals surface area contributed by atoms with Gasteiger partial charge < -0.3 is 14.2 Å². The average Bonchev–Trinajstić information content (AvgIpc) is 3.03. The van der Waals surface area contributed by atoms with Gasteiger partial charge in [0.25, 0.3) is 0 Å². The van der Waals surface area contributed by atoms with Gasteiger partial charge in [0.15, 0.2) is 11.4 Å². The summed E-state index contributed by atoms with van der Waals surface area (Å²) in [5, 5.41) is 0. The largest absolute Gasteiger partial charge is 0.469 e. The Morgan fingerprint density at radius 3 is 2.50 bits per heavy atom. The van der Waals surface area contributed by atoms with Gasteiger partial charge in [-0.3, -0.25) is 19.2 Å². The molecule has 0 spiro atoms. The second kappa shape index (κ2) is 14.2. The van der Waals surface area contributed by atoms with Gasteiger partial charge in [-0.1, -0.05) is 44.1 Å². The molecule has 0 heterocycles.